The van der Waals surface area contributed by atoms with E-state index in [9.17, 15) is 0 Å². The lowest BCUT2D eigenvalue weighted by atomic mass is 9.94. The molecule has 1 heterocycles. The summed E-state index contributed by atoms with van der Waals surface area (Å²) in [4.78, 5) is 0. The lowest BCUT2D eigenvalue weighted by Crippen LogP contribution is -2.16. The lowest BCUT2D eigenvalue weighted by molar-refractivity contribution is 0.945. The van der Waals surface area contributed by atoms with Gasteiger partial charge in [0, 0.05) is 0 Å². The van der Waals surface area contributed by atoms with E-state index >= 15 is 0 Å². The summed E-state index contributed by atoms with van der Waals surface area (Å²) in [6.45, 7) is 0. The number of fused-ring (bicyclic) bond motifs is 1. The predicted octanol–water partition coefficient (Wildman–Crippen LogP) is 1.77. The molecule has 1 aliphatic heterocycles. The molecule has 0 aromatic carbocycles. The smallest absolute Gasteiger partial charge is 0.181 e. The second-order valence-electron chi connectivity index (χ2n) is 2.55. The van der Waals surface area contributed by atoms with E-state index in [1.807, 2.05) is 24.3 Å². The van der Waals surface area contributed by atoms with Crippen LogP contribution in [0.3, 0.4) is 0 Å². The standard InChI is InChI=1S/C8H8N4.ClH/c9-11-8-7-4-2-1-3-6(7)5-10-12-8;/h1-5,7H,9H2;1H/b11-8+;. The summed E-state index contributed by atoms with van der Waals surface area (Å²) in [5.41, 5.74) is 1.08. The molecule has 0 aromatic rings. The zero-order valence-electron chi connectivity index (χ0n) is 6.79. The van der Waals surface area contributed by atoms with Gasteiger partial charge in [0.2, 0.25) is 0 Å². The summed E-state index contributed by atoms with van der Waals surface area (Å²) in [5.74, 6) is 5.82. The largest absolute Gasteiger partial charge is 0.321 e. The number of hydrogen-bond acceptors (Lipinski definition) is 3. The van der Waals surface area contributed by atoms with Crippen molar-refractivity contribution in [3.63, 3.8) is 0 Å². The van der Waals surface area contributed by atoms with Crippen molar-refractivity contribution in [1.29, 1.82) is 0 Å². The van der Waals surface area contributed by atoms with Crippen LogP contribution in [0.5, 0.6) is 0 Å². The SMILES string of the molecule is Cl.N/N=C1/N=NC=C2C=CC=CC21. The van der Waals surface area contributed by atoms with Gasteiger partial charge in [-0.25, -0.2) is 0 Å². The maximum atomic E-state index is 5.16. The Morgan fingerprint density at radius 3 is 3.00 bits per heavy atom. The van der Waals surface area contributed by atoms with Crippen LogP contribution in [-0.2, 0) is 0 Å². The second-order valence-corrected chi connectivity index (χ2v) is 2.55. The molecule has 0 saturated carbocycles. The molecule has 2 N–H and O–H groups in total. The molecule has 0 bridgehead atoms. The number of nitrogens with two attached hydrogens (primary N) is 1. The van der Waals surface area contributed by atoms with E-state index in [1.165, 1.54) is 0 Å². The third-order valence-electron chi connectivity index (χ3n) is 1.84. The minimum Gasteiger partial charge on any atom is -0.321 e. The molecule has 2 rings (SSSR count). The summed E-state index contributed by atoms with van der Waals surface area (Å²) in [5, 5.41) is 11.2. The van der Waals surface area contributed by atoms with Crippen molar-refractivity contribution >= 4 is 18.2 Å². The molecule has 1 atom stereocenters. The molecule has 1 unspecified atom stereocenters. The van der Waals surface area contributed by atoms with Crippen LogP contribution in [0.4, 0.5) is 0 Å². The first-order valence-corrected chi connectivity index (χ1v) is 3.65. The summed E-state index contributed by atoms with van der Waals surface area (Å²) >= 11 is 0. The first kappa shape index (κ1) is 9.67. The number of hydrazone groups is 1. The highest BCUT2D eigenvalue weighted by Gasteiger charge is 2.20. The van der Waals surface area contributed by atoms with Crippen LogP contribution in [-0.4, -0.2) is 5.84 Å². The topological polar surface area (TPSA) is 63.1 Å². The van der Waals surface area contributed by atoms with Crippen LogP contribution < -0.4 is 5.84 Å². The van der Waals surface area contributed by atoms with E-state index in [-0.39, 0.29) is 18.3 Å². The molecule has 5 heteroatoms. The van der Waals surface area contributed by atoms with Crippen molar-refractivity contribution in [2.75, 3.05) is 0 Å². The Hall–Kier alpha value is -1.42. The Bertz CT molecular complexity index is 338. The first-order chi connectivity index (χ1) is 5.92. The summed E-state index contributed by atoms with van der Waals surface area (Å²) in [7, 11) is 0. The van der Waals surface area contributed by atoms with Gasteiger partial charge in [-0.05, 0) is 5.57 Å². The molecule has 0 spiro atoms. The van der Waals surface area contributed by atoms with Gasteiger partial charge in [-0.2, -0.15) is 10.2 Å². The molecule has 0 radical (unpaired) electrons. The molecule has 0 fully saturated rings. The van der Waals surface area contributed by atoms with Crippen molar-refractivity contribution in [1.82, 2.24) is 0 Å². The Balaban J connectivity index is 0.000000845. The molecular weight excluding hydrogens is 188 g/mol. The lowest BCUT2D eigenvalue weighted by Gasteiger charge is -2.16. The average molecular weight is 197 g/mol. The van der Waals surface area contributed by atoms with Gasteiger partial charge >= 0.3 is 0 Å². The van der Waals surface area contributed by atoms with E-state index < -0.39 is 0 Å². The third-order valence-corrected chi connectivity index (χ3v) is 1.84. The molecule has 0 aromatic heterocycles. The number of allylic oxidation sites excluding steroid dienone is 3. The van der Waals surface area contributed by atoms with Crippen LogP contribution in [0, 0.1) is 5.92 Å². The summed E-state index contributed by atoms with van der Waals surface area (Å²) < 4.78 is 0. The highest BCUT2D eigenvalue weighted by Crippen LogP contribution is 2.23. The fourth-order valence-electron chi connectivity index (χ4n) is 1.24. The number of hydrogen-bond donors (Lipinski definition) is 1. The molecule has 13 heavy (non-hydrogen) atoms. The Labute approximate surface area is 82.0 Å². The van der Waals surface area contributed by atoms with Gasteiger partial charge < -0.3 is 5.84 Å². The third kappa shape index (κ3) is 1.67. The van der Waals surface area contributed by atoms with E-state index in [0.29, 0.717) is 5.84 Å². The fourth-order valence-corrected chi connectivity index (χ4v) is 1.24. The van der Waals surface area contributed by atoms with Crippen LogP contribution >= 0.6 is 12.4 Å². The molecular formula is C8H9ClN4. The fraction of sp³-hybridized carbons (Fsp3) is 0.125. The number of rotatable bonds is 0. The van der Waals surface area contributed by atoms with Gasteiger partial charge in [-0.15, -0.1) is 17.5 Å². The minimum atomic E-state index is 0. The molecule has 2 aliphatic rings. The van der Waals surface area contributed by atoms with Gasteiger partial charge in [0.15, 0.2) is 5.84 Å². The van der Waals surface area contributed by atoms with Gasteiger partial charge in [-0.1, -0.05) is 24.3 Å². The van der Waals surface area contributed by atoms with Crippen molar-refractivity contribution < 1.29 is 0 Å². The van der Waals surface area contributed by atoms with Crippen molar-refractivity contribution in [3.8, 4) is 0 Å². The van der Waals surface area contributed by atoms with Gasteiger partial charge in [0.05, 0.1) is 12.1 Å². The summed E-state index contributed by atoms with van der Waals surface area (Å²) in [6, 6.07) is 0. The molecule has 0 amide bonds. The normalized spacial score (nSPS) is 26.6. The zero-order valence-corrected chi connectivity index (χ0v) is 7.61. The molecule has 1 aliphatic carbocycles. The van der Waals surface area contributed by atoms with Crippen molar-refractivity contribution in [3.05, 3.63) is 36.1 Å². The number of halogens is 1. The van der Waals surface area contributed by atoms with Crippen molar-refractivity contribution in [2.24, 2.45) is 27.1 Å². The van der Waals surface area contributed by atoms with Crippen molar-refractivity contribution in [2.45, 2.75) is 0 Å². The number of amidine groups is 1. The maximum absolute atomic E-state index is 5.16. The van der Waals surface area contributed by atoms with E-state index in [4.69, 9.17) is 5.84 Å². The second kappa shape index (κ2) is 4.00. The Morgan fingerprint density at radius 1 is 1.38 bits per heavy atom. The zero-order chi connectivity index (χ0) is 8.39. The van der Waals surface area contributed by atoms with Gasteiger partial charge in [0.25, 0.3) is 0 Å². The quantitative estimate of drug-likeness (QED) is 0.466. The van der Waals surface area contributed by atoms with Crippen LogP contribution in [0.15, 0.2) is 51.4 Å². The first-order valence-electron chi connectivity index (χ1n) is 3.65. The van der Waals surface area contributed by atoms with Gasteiger partial charge in [0.1, 0.15) is 0 Å². The average Bonchev–Trinajstić information content (AvgIpc) is 2.17. The van der Waals surface area contributed by atoms with Crippen LogP contribution in [0.1, 0.15) is 0 Å². The predicted molar refractivity (Wildman–Crippen MR) is 53.6 cm³/mol. The number of nitrogens with zero attached hydrogens (tertiary/aromatic N) is 3. The van der Waals surface area contributed by atoms with Crippen LogP contribution in [0.25, 0.3) is 0 Å². The van der Waals surface area contributed by atoms with E-state index in [2.05, 4.69) is 15.3 Å². The Kier molecular flexibility index (Phi) is 2.97. The van der Waals surface area contributed by atoms with E-state index in [0.717, 1.165) is 5.57 Å². The van der Waals surface area contributed by atoms with E-state index in [1.54, 1.807) is 6.20 Å². The molecule has 0 saturated heterocycles. The summed E-state index contributed by atoms with van der Waals surface area (Å²) in [6.07, 6.45) is 9.61. The van der Waals surface area contributed by atoms with Crippen LogP contribution in [0.2, 0.25) is 0 Å². The molecule has 68 valence electrons. The Morgan fingerprint density at radius 2 is 2.23 bits per heavy atom. The monoisotopic (exact) mass is 196 g/mol. The highest BCUT2D eigenvalue weighted by molar-refractivity contribution is 5.90. The van der Waals surface area contributed by atoms with Gasteiger partial charge in [-0.3, -0.25) is 0 Å². The maximum Gasteiger partial charge on any atom is 0.181 e. The highest BCUT2D eigenvalue weighted by atomic mass is 35.5. The minimum absolute atomic E-state index is 0. The molecule has 4 nitrogen and oxygen atoms in total. The number of azo groups is 1.